The second-order valence-electron chi connectivity index (χ2n) is 6.74. The van der Waals surface area contributed by atoms with E-state index in [0.29, 0.717) is 34.4 Å². The quantitative estimate of drug-likeness (QED) is 0.296. The number of thioether (sulfide) groups is 1. The first-order valence-corrected chi connectivity index (χ1v) is 10.7. The molecule has 8 heteroatoms. The van der Waals surface area contributed by atoms with Crippen molar-refractivity contribution in [3.63, 3.8) is 0 Å². The number of aromatic nitrogens is 3. The number of carbonyl (C=O) groups is 2. The van der Waals surface area contributed by atoms with Crippen molar-refractivity contribution < 1.29 is 14.3 Å². The Bertz CT molecular complexity index is 1080. The van der Waals surface area contributed by atoms with E-state index in [0.717, 1.165) is 5.56 Å². The highest BCUT2D eigenvalue weighted by atomic mass is 32.2. The van der Waals surface area contributed by atoms with Gasteiger partial charge in [0, 0.05) is 17.7 Å². The van der Waals surface area contributed by atoms with Crippen molar-refractivity contribution in [2.24, 2.45) is 0 Å². The van der Waals surface area contributed by atoms with Crippen molar-refractivity contribution in [3.8, 4) is 5.75 Å². The van der Waals surface area contributed by atoms with Crippen LogP contribution in [-0.2, 0) is 13.1 Å². The maximum absolute atomic E-state index is 12.5. The van der Waals surface area contributed by atoms with Crippen molar-refractivity contribution in [1.82, 2.24) is 20.1 Å². The van der Waals surface area contributed by atoms with Crippen LogP contribution in [0.2, 0.25) is 0 Å². The third kappa shape index (κ3) is 5.61. The van der Waals surface area contributed by atoms with E-state index in [1.165, 1.54) is 11.8 Å². The minimum absolute atomic E-state index is 0.0183. The van der Waals surface area contributed by atoms with Gasteiger partial charge in [0.25, 0.3) is 5.91 Å². The monoisotopic (exact) mass is 436 g/mol. The maximum atomic E-state index is 12.5. The van der Waals surface area contributed by atoms with Crippen molar-refractivity contribution in [2.75, 3.05) is 12.9 Å². The van der Waals surface area contributed by atoms with E-state index in [-0.39, 0.29) is 24.0 Å². The largest absolute Gasteiger partial charge is 0.497 e. The fourth-order valence-electron chi connectivity index (χ4n) is 2.94. The Kier molecular flexibility index (Phi) is 7.61. The number of hydrogen-bond donors (Lipinski definition) is 1. The van der Waals surface area contributed by atoms with Crippen LogP contribution in [0.5, 0.6) is 5.75 Å². The van der Waals surface area contributed by atoms with Crippen molar-refractivity contribution >= 4 is 23.5 Å². The zero-order valence-electron chi connectivity index (χ0n) is 17.5. The number of ketones is 1. The zero-order chi connectivity index (χ0) is 22.2. The minimum atomic E-state index is -0.171. The molecule has 0 saturated heterocycles. The molecule has 1 aromatic heterocycles. The second-order valence-corrected chi connectivity index (χ2v) is 7.68. The van der Waals surface area contributed by atoms with E-state index in [9.17, 15) is 9.59 Å². The van der Waals surface area contributed by atoms with Crippen LogP contribution in [0.4, 0.5) is 0 Å². The number of carbonyl (C=O) groups excluding carboxylic acids is 2. The summed E-state index contributed by atoms with van der Waals surface area (Å²) >= 11 is 1.30. The summed E-state index contributed by atoms with van der Waals surface area (Å²) in [4.78, 5) is 25.0. The number of benzene rings is 2. The Labute approximate surface area is 185 Å². The molecule has 2 aromatic carbocycles. The van der Waals surface area contributed by atoms with E-state index in [4.69, 9.17) is 4.74 Å². The van der Waals surface area contributed by atoms with Crippen LogP contribution in [0, 0.1) is 6.92 Å². The van der Waals surface area contributed by atoms with Gasteiger partial charge in [0.1, 0.15) is 5.75 Å². The molecular formula is C23H24N4O3S. The molecule has 1 amide bonds. The highest BCUT2D eigenvalue weighted by Gasteiger charge is 2.16. The van der Waals surface area contributed by atoms with Gasteiger partial charge >= 0.3 is 0 Å². The SMILES string of the molecule is C=CCn1c(CNC(=O)c2ccccc2C)nnc1SCC(=O)c1ccc(OC)cc1. The zero-order valence-corrected chi connectivity index (χ0v) is 18.3. The Hall–Kier alpha value is -3.39. The predicted molar refractivity (Wildman–Crippen MR) is 121 cm³/mol. The lowest BCUT2D eigenvalue weighted by molar-refractivity contribution is 0.0948. The Balaban J connectivity index is 1.65. The van der Waals surface area contributed by atoms with Crippen LogP contribution >= 0.6 is 11.8 Å². The topological polar surface area (TPSA) is 86.1 Å². The van der Waals surface area contributed by atoms with E-state index in [2.05, 4.69) is 22.1 Å². The Morgan fingerprint density at radius 1 is 1.16 bits per heavy atom. The van der Waals surface area contributed by atoms with E-state index < -0.39 is 0 Å². The molecule has 0 radical (unpaired) electrons. The molecule has 0 bridgehead atoms. The molecule has 1 heterocycles. The third-order valence-electron chi connectivity index (χ3n) is 4.65. The number of amides is 1. The lowest BCUT2D eigenvalue weighted by Crippen LogP contribution is -2.25. The average molecular weight is 437 g/mol. The molecular weight excluding hydrogens is 412 g/mol. The van der Waals surface area contributed by atoms with Gasteiger partial charge in [-0.3, -0.25) is 9.59 Å². The first-order valence-electron chi connectivity index (χ1n) is 9.70. The normalized spacial score (nSPS) is 10.5. The van der Waals surface area contributed by atoms with Crippen molar-refractivity contribution in [2.45, 2.75) is 25.2 Å². The lowest BCUT2D eigenvalue weighted by Gasteiger charge is -2.10. The van der Waals surface area contributed by atoms with Gasteiger partial charge in [0.05, 0.1) is 19.4 Å². The number of Topliss-reactive ketones (excluding diaryl/α,β-unsaturated/α-hetero) is 1. The van der Waals surface area contributed by atoms with Gasteiger partial charge in [-0.25, -0.2) is 0 Å². The van der Waals surface area contributed by atoms with Gasteiger partial charge in [0.15, 0.2) is 16.8 Å². The van der Waals surface area contributed by atoms with Crippen LogP contribution in [0.25, 0.3) is 0 Å². The third-order valence-corrected chi connectivity index (χ3v) is 5.61. The summed E-state index contributed by atoms with van der Waals surface area (Å²) in [5.74, 6) is 1.33. The maximum Gasteiger partial charge on any atom is 0.251 e. The number of methoxy groups -OCH3 is 1. The average Bonchev–Trinajstić information content (AvgIpc) is 3.18. The van der Waals surface area contributed by atoms with Crippen LogP contribution in [0.15, 0.2) is 66.3 Å². The smallest absolute Gasteiger partial charge is 0.251 e. The van der Waals surface area contributed by atoms with Gasteiger partial charge in [-0.2, -0.15) is 0 Å². The summed E-state index contributed by atoms with van der Waals surface area (Å²) in [6.07, 6.45) is 1.73. The van der Waals surface area contributed by atoms with Gasteiger partial charge in [-0.1, -0.05) is 36.0 Å². The highest BCUT2D eigenvalue weighted by molar-refractivity contribution is 7.99. The number of nitrogens with one attached hydrogen (secondary N) is 1. The summed E-state index contributed by atoms with van der Waals surface area (Å²) in [7, 11) is 1.58. The Morgan fingerprint density at radius 2 is 1.90 bits per heavy atom. The fraction of sp³-hybridized carbons (Fsp3) is 0.217. The number of nitrogens with zero attached hydrogens (tertiary/aromatic N) is 3. The molecule has 0 aliphatic carbocycles. The van der Waals surface area contributed by atoms with Crippen LogP contribution in [-0.4, -0.2) is 39.3 Å². The highest BCUT2D eigenvalue weighted by Crippen LogP contribution is 2.20. The van der Waals surface area contributed by atoms with E-state index in [1.54, 1.807) is 43.5 Å². The molecule has 1 N–H and O–H groups in total. The summed E-state index contributed by atoms with van der Waals surface area (Å²) in [5.41, 5.74) is 2.13. The number of allylic oxidation sites excluding steroid dienone is 1. The first kappa shape index (κ1) is 22.3. The van der Waals surface area contributed by atoms with Gasteiger partial charge in [0.2, 0.25) is 0 Å². The lowest BCUT2D eigenvalue weighted by atomic mass is 10.1. The number of hydrogen-bond acceptors (Lipinski definition) is 6. The Morgan fingerprint density at radius 3 is 2.58 bits per heavy atom. The second kappa shape index (κ2) is 10.6. The molecule has 0 spiro atoms. The molecule has 3 rings (SSSR count). The molecule has 7 nitrogen and oxygen atoms in total. The molecule has 0 aliphatic rings. The summed E-state index contributed by atoms with van der Waals surface area (Å²) in [6.45, 7) is 6.37. The summed E-state index contributed by atoms with van der Waals surface area (Å²) in [5, 5.41) is 11.9. The molecule has 160 valence electrons. The van der Waals surface area contributed by atoms with Gasteiger partial charge in [-0.05, 0) is 42.8 Å². The fourth-order valence-corrected chi connectivity index (χ4v) is 3.80. The van der Waals surface area contributed by atoms with Gasteiger partial charge in [-0.15, -0.1) is 16.8 Å². The minimum Gasteiger partial charge on any atom is -0.497 e. The predicted octanol–water partition coefficient (Wildman–Crippen LogP) is 3.69. The molecule has 3 aromatic rings. The summed E-state index contributed by atoms with van der Waals surface area (Å²) in [6, 6.07) is 14.4. The van der Waals surface area contributed by atoms with E-state index >= 15 is 0 Å². The molecule has 31 heavy (non-hydrogen) atoms. The first-order chi connectivity index (χ1) is 15.0. The molecule has 0 atom stereocenters. The summed E-state index contributed by atoms with van der Waals surface area (Å²) < 4.78 is 6.96. The number of ether oxygens (including phenoxy) is 1. The van der Waals surface area contributed by atoms with Gasteiger partial charge < -0.3 is 14.6 Å². The van der Waals surface area contributed by atoms with Crippen LogP contribution < -0.4 is 10.1 Å². The van der Waals surface area contributed by atoms with Crippen LogP contribution in [0.1, 0.15) is 32.1 Å². The van der Waals surface area contributed by atoms with Crippen molar-refractivity contribution in [3.05, 3.63) is 83.7 Å². The molecule has 0 unspecified atom stereocenters. The molecule has 0 aliphatic heterocycles. The standard InChI is InChI=1S/C23H24N4O3S/c1-4-13-27-21(14-24-22(29)19-8-6-5-7-16(19)2)25-26-23(27)31-15-20(28)17-9-11-18(30-3)12-10-17/h4-12H,1,13-15H2,2-3H3,(H,24,29). The van der Waals surface area contributed by atoms with E-state index in [1.807, 2.05) is 29.7 Å². The number of rotatable bonds is 10. The molecule has 0 saturated carbocycles. The number of aryl methyl sites for hydroxylation is 1. The van der Waals surface area contributed by atoms with Crippen molar-refractivity contribution in [1.29, 1.82) is 0 Å². The molecule has 0 fully saturated rings. The van der Waals surface area contributed by atoms with Crippen LogP contribution in [0.3, 0.4) is 0 Å².